The first-order chi connectivity index (χ1) is 23.3. The van der Waals surface area contributed by atoms with Crippen molar-refractivity contribution >= 4 is 27.6 Å². The Morgan fingerprint density at radius 3 is 2.02 bits per heavy atom. The molecule has 2 aliphatic rings. The summed E-state index contributed by atoms with van der Waals surface area (Å²) in [4.78, 5) is 26.7. The number of carbonyl (C=O) groups excluding carboxylic acids is 2. The number of alkyl halides is 5. The fourth-order valence-corrected chi connectivity index (χ4v) is 7.10. The number of hydrogen-bond acceptors (Lipinski definition) is 6. The molecule has 276 valence electrons. The van der Waals surface area contributed by atoms with Crippen molar-refractivity contribution in [3.05, 3.63) is 66.2 Å². The van der Waals surface area contributed by atoms with Gasteiger partial charge in [-0.25, -0.2) is 13.2 Å². The molecule has 50 heavy (non-hydrogen) atoms. The lowest BCUT2D eigenvalue weighted by Gasteiger charge is -2.36. The number of likely N-dealkylation sites (tertiary alicyclic amines) is 1. The van der Waals surface area contributed by atoms with Gasteiger partial charge in [-0.05, 0) is 82.2 Å². The Hall–Kier alpha value is -3.72. The molecule has 0 bridgehead atoms. The van der Waals surface area contributed by atoms with Crippen molar-refractivity contribution in [1.82, 2.24) is 14.9 Å². The largest absolute Gasteiger partial charge is 0.493 e. The van der Waals surface area contributed by atoms with Crippen LogP contribution in [-0.4, -0.2) is 68.9 Å². The predicted molar refractivity (Wildman–Crippen MR) is 177 cm³/mol. The van der Waals surface area contributed by atoms with Crippen LogP contribution in [0.15, 0.2) is 60.0 Å². The molecule has 2 amide bonds. The summed E-state index contributed by atoms with van der Waals surface area (Å²) in [5, 5.41) is 2.68. The second-order valence-electron chi connectivity index (χ2n) is 13.8. The molecular weight excluding hydrogens is 685 g/mol. The number of alkyl carbamates (subject to hydrolysis) is 1. The van der Waals surface area contributed by atoms with Gasteiger partial charge in [0.05, 0.1) is 17.1 Å². The van der Waals surface area contributed by atoms with E-state index in [4.69, 9.17) is 9.47 Å². The number of amides is 2. The maximum absolute atomic E-state index is 16.3. The molecule has 9 nitrogen and oxygen atoms in total. The minimum Gasteiger partial charge on any atom is -0.493 e. The Balaban J connectivity index is 1.54. The molecule has 0 spiro atoms. The minimum absolute atomic E-state index is 0.0923. The number of rotatable bonds is 11. The highest BCUT2D eigenvalue weighted by Crippen LogP contribution is 2.37. The van der Waals surface area contributed by atoms with Gasteiger partial charge in [0.15, 0.2) is 6.04 Å². The number of halogens is 5. The molecule has 2 fully saturated rings. The fraction of sp³-hybridized carbons (Fsp3) is 0.543. The van der Waals surface area contributed by atoms with Gasteiger partial charge in [-0.3, -0.25) is 4.79 Å². The van der Waals surface area contributed by atoms with Crippen LogP contribution in [0.2, 0.25) is 0 Å². The van der Waals surface area contributed by atoms with E-state index in [1.54, 1.807) is 20.8 Å². The van der Waals surface area contributed by atoms with Crippen LogP contribution >= 0.6 is 0 Å². The van der Waals surface area contributed by atoms with Gasteiger partial charge < -0.3 is 19.7 Å². The summed E-state index contributed by atoms with van der Waals surface area (Å²) in [6, 6.07) is 5.06. The molecule has 1 saturated carbocycles. The first kappa shape index (κ1) is 39.1. The summed E-state index contributed by atoms with van der Waals surface area (Å²) in [5.41, 5.74) is -3.36. The monoisotopic (exact) mass is 729 g/mol. The summed E-state index contributed by atoms with van der Waals surface area (Å²) in [6.07, 6.45) is 0.362. The Kier molecular flexibility index (Phi) is 12.2. The average Bonchev–Trinajstić information content (AvgIpc) is 3.05. The molecule has 1 saturated heterocycles. The molecule has 4 rings (SSSR count). The molecule has 1 unspecified atom stereocenters. The van der Waals surface area contributed by atoms with E-state index >= 15 is 8.78 Å². The molecule has 1 atom stereocenters. The Labute approximate surface area is 289 Å². The summed E-state index contributed by atoms with van der Waals surface area (Å²) in [7, 11) is -4.74. The maximum Gasteiger partial charge on any atom is 0.416 e. The first-order valence-corrected chi connectivity index (χ1v) is 18.0. The summed E-state index contributed by atoms with van der Waals surface area (Å²) in [5.74, 6) is -4.67. The lowest BCUT2D eigenvalue weighted by molar-refractivity contribution is -0.145. The van der Waals surface area contributed by atoms with Crippen molar-refractivity contribution in [2.24, 2.45) is 5.92 Å². The maximum atomic E-state index is 16.3. The Morgan fingerprint density at radius 1 is 0.900 bits per heavy atom. The minimum atomic E-state index is -4.81. The van der Waals surface area contributed by atoms with E-state index < -0.39 is 73.4 Å². The van der Waals surface area contributed by atoms with E-state index in [1.807, 2.05) is 4.72 Å². The third-order valence-electron chi connectivity index (χ3n) is 8.71. The van der Waals surface area contributed by atoms with Gasteiger partial charge in [0.2, 0.25) is 15.9 Å². The van der Waals surface area contributed by atoms with Gasteiger partial charge in [0.25, 0.3) is 5.92 Å². The highest BCUT2D eigenvalue weighted by Gasteiger charge is 2.50. The molecule has 1 aliphatic heterocycles. The summed E-state index contributed by atoms with van der Waals surface area (Å²) < 4.78 is 112. The number of carbonyl (C=O) groups is 2. The van der Waals surface area contributed by atoms with E-state index in [-0.39, 0.29) is 25.9 Å². The molecule has 15 heteroatoms. The standard InChI is InChI=1S/C35H44F5N3O6S/c1-23(35(38,39)40)25-10-12-26(13-11-25)34(36,37)30(31(44)43-20-18-27(19-21-43)41-32(45)49-33(2,3)4)42-50(46,47)29-16-14-28(15-17-29)48-22-24-8-6-5-7-9-24/h10-17,24,27,30,42H,1,5-9,18-22H2,2-4H3,(H,41,45). The van der Waals surface area contributed by atoms with Crippen LogP contribution in [0.1, 0.15) is 76.8 Å². The van der Waals surface area contributed by atoms with E-state index in [2.05, 4.69) is 11.9 Å². The highest BCUT2D eigenvalue weighted by atomic mass is 32.2. The van der Waals surface area contributed by atoms with Crippen LogP contribution in [0.25, 0.3) is 5.57 Å². The molecule has 2 aromatic carbocycles. The number of piperidine rings is 1. The number of nitrogens with one attached hydrogen (secondary N) is 2. The van der Waals surface area contributed by atoms with Crippen molar-refractivity contribution in [1.29, 1.82) is 0 Å². The van der Waals surface area contributed by atoms with Crippen molar-refractivity contribution < 1.29 is 49.4 Å². The van der Waals surface area contributed by atoms with Gasteiger partial charge in [-0.15, -0.1) is 0 Å². The van der Waals surface area contributed by atoms with Crippen LogP contribution in [0, 0.1) is 5.92 Å². The van der Waals surface area contributed by atoms with Gasteiger partial charge in [0.1, 0.15) is 11.4 Å². The molecule has 1 aliphatic carbocycles. The highest BCUT2D eigenvalue weighted by molar-refractivity contribution is 7.89. The smallest absolute Gasteiger partial charge is 0.416 e. The quantitative estimate of drug-likeness (QED) is 0.237. The second-order valence-corrected chi connectivity index (χ2v) is 15.5. The lowest BCUT2D eigenvalue weighted by atomic mass is 9.90. The third-order valence-corrected chi connectivity index (χ3v) is 10.2. The predicted octanol–water partition coefficient (Wildman–Crippen LogP) is 7.18. The zero-order chi connectivity index (χ0) is 36.9. The van der Waals surface area contributed by atoms with Gasteiger partial charge >= 0.3 is 12.3 Å². The molecule has 0 aromatic heterocycles. The summed E-state index contributed by atoms with van der Waals surface area (Å²) >= 11 is 0. The van der Waals surface area contributed by atoms with Gasteiger partial charge in [-0.2, -0.15) is 26.7 Å². The first-order valence-electron chi connectivity index (χ1n) is 16.5. The lowest BCUT2D eigenvalue weighted by Crippen LogP contribution is -2.58. The SMILES string of the molecule is C=C(c1ccc(C(F)(F)C(NS(=O)(=O)c2ccc(OCC3CCCCC3)cc2)C(=O)N2CCC(NC(=O)OC(C)(C)C)CC2)cc1)C(F)(F)F. The van der Waals surface area contributed by atoms with Crippen LogP contribution in [0.3, 0.4) is 0 Å². The van der Waals surface area contributed by atoms with E-state index in [1.165, 1.54) is 30.7 Å². The average molecular weight is 730 g/mol. The normalized spacial score (nSPS) is 17.6. The van der Waals surface area contributed by atoms with Crippen molar-refractivity contribution in [3.8, 4) is 5.75 Å². The number of benzene rings is 2. The Morgan fingerprint density at radius 2 is 1.48 bits per heavy atom. The van der Waals surface area contributed by atoms with Crippen LogP contribution in [0.5, 0.6) is 5.75 Å². The third kappa shape index (κ3) is 10.4. The molecule has 0 radical (unpaired) electrons. The molecule has 2 aromatic rings. The van der Waals surface area contributed by atoms with Crippen LogP contribution in [-0.2, 0) is 25.5 Å². The number of nitrogens with zero attached hydrogens (tertiary/aromatic N) is 1. The fourth-order valence-electron chi connectivity index (χ4n) is 5.91. The summed E-state index contributed by atoms with van der Waals surface area (Å²) in [6.45, 7) is 8.32. The molecular formula is C35H44F5N3O6S. The number of sulfonamides is 1. The zero-order valence-corrected chi connectivity index (χ0v) is 29.1. The topological polar surface area (TPSA) is 114 Å². The van der Waals surface area contributed by atoms with Gasteiger partial charge in [-0.1, -0.05) is 50.1 Å². The second kappa shape index (κ2) is 15.7. The number of allylic oxidation sites excluding steroid dienone is 1. The van der Waals surface area contributed by atoms with Gasteiger partial charge in [0, 0.05) is 24.7 Å². The van der Waals surface area contributed by atoms with Crippen LogP contribution < -0.4 is 14.8 Å². The van der Waals surface area contributed by atoms with E-state index in [0.717, 1.165) is 42.7 Å². The van der Waals surface area contributed by atoms with E-state index in [9.17, 15) is 31.2 Å². The van der Waals surface area contributed by atoms with Crippen molar-refractivity contribution in [2.75, 3.05) is 19.7 Å². The van der Waals surface area contributed by atoms with Crippen LogP contribution in [0.4, 0.5) is 26.7 Å². The Bertz CT molecular complexity index is 1600. The van der Waals surface area contributed by atoms with Crippen molar-refractivity contribution in [2.45, 2.75) is 100 Å². The molecule has 2 N–H and O–H groups in total. The zero-order valence-electron chi connectivity index (χ0n) is 28.3. The molecule has 1 heterocycles. The van der Waals surface area contributed by atoms with E-state index in [0.29, 0.717) is 30.4 Å². The van der Waals surface area contributed by atoms with Crippen molar-refractivity contribution in [3.63, 3.8) is 0 Å². The number of ether oxygens (including phenoxy) is 2. The number of hydrogen-bond donors (Lipinski definition) is 2.